The quantitative estimate of drug-likeness (QED) is 0.346. The van der Waals surface area contributed by atoms with Gasteiger partial charge in [0.25, 0.3) is 0 Å². The van der Waals surface area contributed by atoms with Crippen LogP contribution in [-0.4, -0.2) is 0 Å². The highest BCUT2D eigenvalue weighted by molar-refractivity contribution is 4.75. The molecule has 0 radical (unpaired) electrons. The lowest BCUT2D eigenvalue weighted by atomic mass is 9.74. The average molecular weight is 281 g/mol. The fourth-order valence-corrected chi connectivity index (χ4v) is 4.12. The van der Waals surface area contributed by atoms with Crippen molar-refractivity contribution in [3.63, 3.8) is 0 Å². The summed E-state index contributed by atoms with van der Waals surface area (Å²) in [4.78, 5) is 0. The summed E-state index contributed by atoms with van der Waals surface area (Å²) in [6.45, 7) is 7.14. The molecule has 0 nitrogen and oxygen atoms in total. The molecule has 0 aromatic heterocycles. The van der Waals surface area contributed by atoms with Gasteiger partial charge in [-0.2, -0.15) is 0 Å². The first-order valence-electron chi connectivity index (χ1n) is 9.74. The summed E-state index contributed by atoms with van der Waals surface area (Å²) >= 11 is 0. The molecule has 0 aromatic carbocycles. The van der Waals surface area contributed by atoms with Crippen LogP contribution < -0.4 is 0 Å². The molecule has 1 fully saturated rings. The predicted octanol–water partition coefficient (Wildman–Crippen LogP) is 7.37. The van der Waals surface area contributed by atoms with E-state index in [1.165, 1.54) is 89.9 Å². The Kier molecular flexibility index (Phi) is 10.5. The first kappa shape index (κ1) is 18.1. The lowest BCUT2D eigenvalue weighted by Crippen LogP contribution is -2.19. The topological polar surface area (TPSA) is 0 Å². The monoisotopic (exact) mass is 280 g/mol. The molecule has 0 amide bonds. The first-order valence-corrected chi connectivity index (χ1v) is 9.74. The van der Waals surface area contributed by atoms with E-state index in [1.807, 2.05) is 0 Å². The van der Waals surface area contributed by atoms with Gasteiger partial charge in [0.2, 0.25) is 0 Å². The zero-order valence-electron chi connectivity index (χ0n) is 14.6. The zero-order chi connectivity index (χ0) is 14.6. The largest absolute Gasteiger partial charge is 0.0654 e. The molecule has 1 atom stereocenters. The van der Waals surface area contributed by atoms with Gasteiger partial charge in [0.05, 0.1) is 0 Å². The highest BCUT2D eigenvalue weighted by atomic mass is 14.3. The van der Waals surface area contributed by atoms with E-state index in [0.717, 1.165) is 17.8 Å². The van der Waals surface area contributed by atoms with E-state index in [0.29, 0.717) is 0 Å². The second-order valence-corrected chi connectivity index (χ2v) is 7.70. The summed E-state index contributed by atoms with van der Waals surface area (Å²) in [5, 5.41) is 0. The van der Waals surface area contributed by atoms with Crippen LogP contribution in [0.15, 0.2) is 0 Å². The second kappa shape index (κ2) is 11.6. The second-order valence-electron chi connectivity index (χ2n) is 7.70. The first-order chi connectivity index (χ1) is 9.74. The molecular weight excluding hydrogens is 240 g/mol. The summed E-state index contributed by atoms with van der Waals surface area (Å²) in [7, 11) is 0. The van der Waals surface area contributed by atoms with E-state index >= 15 is 0 Å². The SMILES string of the molecule is CCCCCCCCCC(CC(C)C)C1CCCCC1. The van der Waals surface area contributed by atoms with Crippen LogP contribution in [0.4, 0.5) is 0 Å². The minimum Gasteiger partial charge on any atom is -0.0654 e. The molecule has 0 bridgehead atoms. The summed E-state index contributed by atoms with van der Waals surface area (Å²) in [5.74, 6) is 3.02. The Bertz CT molecular complexity index is 200. The molecule has 1 aliphatic rings. The Labute approximate surface area is 129 Å². The Balaban J connectivity index is 2.16. The third-order valence-electron chi connectivity index (χ3n) is 5.27. The fourth-order valence-electron chi connectivity index (χ4n) is 4.12. The van der Waals surface area contributed by atoms with Crippen molar-refractivity contribution in [3.05, 3.63) is 0 Å². The molecule has 1 saturated carbocycles. The van der Waals surface area contributed by atoms with Crippen molar-refractivity contribution in [1.29, 1.82) is 0 Å². The number of hydrogen-bond acceptors (Lipinski definition) is 0. The highest BCUT2D eigenvalue weighted by Gasteiger charge is 2.23. The molecule has 1 rings (SSSR count). The van der Waals surface area contributed by atoms with Gasteiger partial charge in [-0.1, -0.05) is 104 Å². The molecule has 1 unspecified atom stereocenters. The van der Waals surface area contributed by atoms with Gasteiger partial charge < -0.3 is 0 Å². The van der Waals surface area contributed by atoms with Gasteiger partial charge in [-0.15, -0.1) is 0 Å². The van der Waals surface area contributed by atoms with Crippen LogP contribution in [0.3, 0.4) is 0 Å². The van der Waals surface area contributed by atoms with Gasteiger partial charge in [-0.25, -0.2) is 0 Å². The van der Waals surface area contributed by atoms with Crippen molar-refractivity contribution >= 4 is 0 Å². The number of rotatable bonds is 11. The molecule has 0 saturated heterocycles. The smallest absolute Gasteiger partial charge is 0.0383 e. The molecule has 0 heteroatoms. The Morgan fingerprint density at radius 1 is 0.800 bits per heavy atom. The van der Waals surface area contributed by atoms with E-state index in [4.69, 9.17) is 0 Å². The molecule has 0 N–H and O–H groups in total. The minimum absolute atomic E-state index is 0.895. The minimum atomic E-state index is 0.895. The van der Waals surface area contributed by atoms with Crippen LogP contribution in [0.25, 0.3) is 0 Å². The summed E-state index contributed by atoms with van der Waals surface area (Å²) < 4.78 is 0. The predicted molar refractivity (Wildman–Crippen MR) is 92.1 cm³/mol. The molecule has 0 spiro atoms. The van der Waals surface area contributed by atoms with Crippen LogP contribution in [0.2, 0.25) is 0 Å². The molecule has 1 aliphatic carbocycles. The van der Waals surface area contributed by atoms with Crippen LogP contribution in [0.5, 0.6) is 0 Å². The van der Waals surface area contributed by atoms with Crippen molar-refractivity contribution in [2.45, 2.75) is 111 Å². The van der Waals surface area contributed by atoms with E-state index in [2.05, 4.69) is 20.8 Å². The number of hydrogen-bond donors (Lipinski definition) is 0. The molecular formula is C20H40. The highest BCUT2D eigenvalue weighted by Crippen LogP contribution is 2.36. The summed E-state index contributed by atoms with van der Waals surface area (Å²) in [6, 6.07) is 0. The van der Waals surface area contributed by atoms with Crippen molar-refractivity contribution < 1.29 is 0 Å². The van der Waals surface area contributed by atoms with Gasteiger partial charge in [0, 0.05) is 0 Å². The van der Waals surface area contributed by atoms with E-state index < -0.39 is 0 Å². The molecule has 0 aromatic rings. The third-order valence-corrected chi connectivity index (χ3v) is 5.27. The van der Waals surface area contributed by atoms with Gasteiger partial charge in [-0.3, -0.25) is 0 Å². The number of unbranched alkanes of at least 4 members (excludes halogenated alkanes) is 6. The standard InChI is InChI=1S/C20H40/c1-4-5-6-7-8-9-11-16-20(17-18(2)3)19-14-12-10-13-15-19/h18-20H,4-17H2,1-3H3. The van der Waals surface area contributed by atoms with Gasteiger partial charge in [0.15, 0.2) is 0 Å². The average Bonchev–Trinajstić information content (AvgIpc) is 2.45. The van der Waals surface area contributed by atoms with Crippen LogP contribution in [0, 0.1) is 17.8 Å². The fraction of sp³-hybridized carbons (Fsp3) is 1.00. The molecule has 0 heterocycles. The van der Waals surface area contributed by atoms with Crippen molar-refractivity contribution in [2.24, 2.45) is 17.8 Å². The summed E-state index contributed by atoms with van der Waals surface area (Å²) in [6.07, 6.45) is 20.8. The maximum absolute atomic E-state index is 2.42. The van der Waals surface area contributed by atoms with Crippen LogP contribution in [-0.2, 0) is 0 Å². The van der Waals surface area contributed by atoms with Crippen molar-refractivity contribution in [1.82, 2.24) is 0 Å². The zero-order valence-corrected chi connectivity index (χ0v) is 14.6. The van der Waals surface area contributed by atoms with E-state index in [-0.39, 0.29) is 0 Å². The summed E-state index contributed by atoms with van der Waals surface area (Å²) in [5.41, 5.74) is 0. The third kappa shape index (κ3) is 8.32. The van der Waals surface area contributed by atoms with Crippen molar-refractivity contribution in [2.75, 3.05) is 0 Å². The van der Waals surface area contributed by atoms with E-state index in [9.17, 15) is 0 Å². The van der Waals surface area contributed by atoms with Gasteiger partial charge >= 0.3 is 0 Å². The van der Waals surface area contributed by atoms with Crippen LogP contribution in [0.1, 0.15) is 111 Å². The Morgan fingerprint density at radius 3 is 2.00 bits per heavy atom. The Morgan fingerprint density at radius 2 is 1.40 bits per heavy atom. The maximum atomic E-state index is 2.42. The van der Waals surface area contributed by atoms with Gasteiger partial charge in [0.1, 0.15) is 0 Å². The lowest BCUT2D eigenvalue weighted by molar-refractivity contribution is 0.202. The molecule has 20 heavy (non-hydrogen) atoms. The maximum Gasteiger partial charge on any atom is -0.0383 e. The van der Waals surface area contributed by atoms with Crippen LogP contribution >= 0.6 is 0 Å². The molecule has 120 valence electrons. The van der Waals surface area contributed by atoms with E-state index in [1.54, 1.807) is 0 Å². The molecule has 0 aliphatic heterocycles. The normalized spacial score (nSPS) is 18.6. The van der Waals surface area contributed by atoms with Gasteiger partial charge in [-0.05, 0) is 24.2 Å². The lowest BCUT2D eigenvalue weighted by Gasteiger charge is -2.31. The Hall–Kier alpha value is 0. The van der Waals surface area contributed by atoms with Crippen molar-refractivity contribution in [3.8, 4) is 0 Å².